The predicted octanol–water partition coefficient (Wildman–Crippen LogP) is 0.682. The highest BCUT2D eigenvalue weighted by atomic mass is 32.1. The van der Waals surface area contributed by atoms with Crippen molar-refractivity contribution in [2.24, 2.45) is 5.92 Å². The van der Waals surface area contributed by atoms with E-state index >= 15 is 0 Å². The van der Waals surface area contributed by atoms with Gasteiger partial charge in [0.2, 0.25) is 4.96 Å². The third-order valence-corrected chi connectivity index (χ3v) is 3.62. The monoisotopic (exact) mass is 224 g/mol. The Kier molecular flexibility index (Phi) is 1.61. The molecule has 3 rings (SSSR count). The lowest BCUT2D eigenvalue weighted by Gasteiger charge is -1.88. The number of nitrogens with zero attached hydrogens (tertiary/aromatic N) is 4. The molecule has 1 saturated carbocycles. The summed E-state index contributed by atoms with van der Waals surface area (Å²) in [6.45, 7) is 1.82. The second-order valence-electron chi connectivity index (χ2n) is 3.67. The van der Waals surface area contributed by atoms with E-state index in [4.69, 9.17) is 5.11 Å². The van der Waals surface area contributed by atoms with Gasteiger partial charge in [0, 0.05) is 5.92 Å². The van der Waals surface area contributed by atoms with E-state index in [0.717, 1.165) is 15.8 Å². The molecule has 2 atom stereocenters. The summed E-state index contributed by atoms with van der Waals surface area (Å²) in [4.78, 5) is 11.4. The van der Waals surface area contributed by atoms with Crippen LogP contribution in [0.15, 0.2) is 0 Å². The number of aromatic nitrogens is 4. The molecule has 0 bridgehead atoms. The number of hydrogen-bond acceptors (Lipinski definition) is 5. The molecule has 0 spiro atoms. The lowest BCUT2D eigenvalue weighted by atomic mass is 10.3. The Morgan fingerprint density at radius 2 is 2.40 bits per heavy atom. The van der Waals surface area contributed by atoms with E-state index in [9.17, 15) is 4.79 Å². The molecule has 2 heterocycles. The van der Waals surface area contributed by atoms with Crippen LogP contribution in [0.4, 0.5) is 0 Å². The molecule has 78 valence electrons. The minimum Gasteiger partial charge on any atom is -0.481 e. The average Bonchev–Trinajstić information content (AvgIpc) is 2.78. The van der Waals surface area contributed by atoms with Crippen molar-refractivity contribution in [1.29, 1.82) is 0 Å². The lowest BCUT2D eigenvalue weighted by Crippen LogP contribution is -1.99. The molecule has 1 aliphatic carbocycles. The van der Waals surface area contributed by atoms with E-state index in [2.05, 4.69) is 15.3 Å². The van der Waals surface area contributed by atoms with E-state index in [1.807, 2.05) is 6.92 Å². The molecule has 0 aliphatic heterocycles. The molecule has 1 N–H and O–H groups in total. The van der Waals surface area contributed by atoms with Crippen LogP contribution < -0.4 is 0 Å². The van der Waals surface area contributed by atoms with Gasteiger partial charge in [-0.05, 0) is 13.3 Å². The van der Waals surface area contributed by atoms with Gasteiger partial charge >= 0.3 is 5.97 Å². The highest BCUT2D eigenvalue weighted by Gasteiger charge is 2.46. The molecule has 7 heteroatoms. The van der Waals surface area contributed by atoms with Gasteiger partial charge in [0.05, 0.1) is 5.92 Å². The van der Waals surface area contributed by atoms with Crippen molar-refractivity contribution < 1.29 is 9.90 Å². The molecule has 0 saturated heterocycles. The van der Waals surface area contributed by atoms with E-state index in [1.54, 1.807) is 4.52 Å². The van der Waals surface area contributed by atoms with Crippen LogP contribution in [0.1, 0.15) is 23.2 Å². The van der Waals surface area contributed by atoms with E-state index in [1.165, 1.54) is 11.3 Å². The topological polar surface area (TPSA) is 80.4 Å². The van der Waals surface area contributed by atoms with Crippen LogP contribution in [0.5, 0.6) is 0 Å². The van der Waals surface area contributed by atoms with Crippen LogP contribution in [0, 0.1) is 12.8 Å². The van der Waals surface area contributed by atoms with Gasteiger partial charge in [-0.15, -0.1) is 10.2 Å². The predicted molar refractivity (Wildman–Crippen MR) is 51.9 cm³/mol. The highest BCUT2D eigenvalue weighted by molar-refractivity contribution is 7.16. The maximum atomic E-state index is 10.7. The highest BCUT2D eigenvalue weighted by Crippen LogP contribution is 2.48. The summed E-state index contributed by atoms with van der Waals surface area (Å²) in [5.74, 6) is -0.176. The van der Waals surface area contributed by atoms with Crippen molar-refractivity contribution in [3.8, 4) is 0 Å². The number of aliphatic carboxylic acids is 1. The molecule has 2 aromatic heterocycles. The summed E-state index contributed by atoms with van der Waals surface area (Å²) < 4.78 is 1.66. The first kappa shape index (κ1) is 8.78. The maximum absolute atomic E-state index is 10.7. The second-order valence-corrected chi connectivity index (χ2v) is 4.66. The number of fused-ring (bicyclic) bond motifs is 1. The van der Waals surface area contributed by atoms with Gasteiger partial charge in [0.1, 0.15) is 5.01 Å². The SMILES string of the molecule is Cc1nnc2sc(C3CC3C(=O)O)nn12. The number of carboxylic acids is 1. The van der Waals surface area contributed by atoms with Crippen molar-refractivity contribution in [1.82, 2.24) is 19.8 Å². The molecular weight excluding hydrogens is 216 g/mol. The smallest absolute Gasteiger partial charge is 0.307 e. The van der Waals surface area contributed by atoms with Crippen LogP contribution in [0.2, 0.25) is 0 Å². The third kappa shape index (κ3) is 1.23. The zero-order valence-electron chi connectivity index (χ0n) is 7.91. The van der Waals surface area contributed by atoms with E-state index < -0.39 is 5.97 Å². The van der Waals surface area contributed by atoms with Gasteiger partial charge in [-0.2, -0.15) is 9.61 Å². The molecule has 0 amide bonds. The van der Waals surface area contributed by atoms with Gasteiger partial charge < -0.3 is 5.11 Å². The molecule has 2 aromatic rings. The average molecular weight is 224 g/mol. The van der Waals surface area contributed by atoms with Crippen molar-refractivity contribution in [2.75, 3.05) is 0 Å². The Balaban J connectivity index is 1.97. The Labute approximate surface area is 88.6 Å². The van der Waals surface area contributed by atoms with E-state index in [-0.39, 0.29) is 11.8 Å². The molecule has 0 radical (unpaired) electrons. The lowest BCUT2D eigenvalue weighted by molar-refractivity contribution is -0.138. The van der Waals surface area contributed by atoms with Crippen LogP contribution >= 0.6 is 11.3 Å². The molecule has 0 aromatic carbocycles. The van der Waals surface area contributed by atoms with Crippen LogP contribution in [0.3, 0.4) is 0 Å². The van der Waals surface area contributed by atoms with Gasteiger partial charge in [0.15, 0.2) is 5.82 Å². The molecule has 15 heavy (non-hydrogen) atoms. The van der Waals surface area contributed by atoms with Crippen molar-refractivity contribution in [3.63, 3.8) is 0 Å². The Morgan fingerprint density at radius 1 is 1.60 bits per heavy atom. The fourth-order valence-electron chi connectivity index (χ4n) is 1.62. The largest absolute Gasteiger partial charge is 0.481 e. The van der Waals surface area contributed by atoms with Crippen LogP contribution in [0.25, 0.3) is 4.96 Å². The molecule has 1 fully saturated rings. The number of carbonyl (C=O) groups is 1. The Bertz CT molecular complexity index is 546. The molecular formula is C8H8N4O2S. The van der Waals surface area contributed by atoms with Gasteiger partial charge in [-0.25, -0.2) is 0 Å². The van der Waals surface area contributed by atoms with Gasteiger partial charge in [-0.3, -0.25) is 4.79 Å². The Morgan fingerprint density at radius 3 is 3.00 bits per heavy atom. The quantitative estimate of drug-likeness (QED) is 0.811. The van der Waals surface area contributed by atoms with Crippen LogP contribution in [-0.2, 0) is 4.79 Å². The third-order valence-electron chi connectivity index (χ3n) is 2.59. The molecule has 6 nitrogen and oxygen atoms in total. The summed E-state index contributed by atoms with van der Waals surface area (Å²) in [6, 6.07) is 0. The zero-order chi connectivity index (χ0) is 10.6. The fraction of sp³-hybridized carbons (Fsp3) is 0.500. The van der Waals surface area contributed by atoms with Crippen molar-refractivity contribution in [2.45, 2.75) is 19.3 Å². The minimum absolute atomic E-state index is 0.0774. The summed E-state index contributed by atoms with van der Waals surface area (Å²) in [5.41, 5.74) is 0. The maximum Gasteiger partial charge on any atom is 0.307 e. The second kappa shape index (κ2) is 2.75. The van der Waals surface area contributed by atoms with Gasteiger partial charge in [-0.1, -0.05) is 11.3 Å². The van der Waals surface area contributed by atoms with E-state index in [0.29, 0.717) is 6.42 Å². The first-order valence-corrected chi connectivity index (χ1v) is 5.40. The van der Waals surface area contributed by atoms with Crippen LogP contribution in [-0.4, -0.2) is 30.9 Å². The number of carboxylic acid groups (broad SMARTS) is 1. The Hall–Kier alpha value is -1.50. The summed E-state index contributed by atoms with van der Waals surface area (Å²) >= 11 is 1.42. The van der Waals surface area contributed by atoms with Crippen molar-refractivity contribution in [3.05, 3.63) is 10.8 Å². The minimum atomic E-state index is -0.734. The number of aryl methyl sites for hydroxylation is 1. The molecule has 2 unspecified atom stereocenters. The van der Waals surface area contributed by atoms with Gasteiger partial charge in [0.25, 0.3) is 0 Å². The summed E-state index contributed by atoms with van der Waals surface area (Å²) in [7, 11) is 0. The summed E-state index contributed by atoms with van der Waals surface area (Å²) in [5, 5.41) is 21.8. The number of rotatable bonds is 2. The molecule has 1 aliphatic rings. The summed E-state index contributed by atoms with van der Waals surface area (Å²) in [6.07, 6.45) is 0.693. The normalized spacial score (nSPS) is 24.6. The fourth-order valence-corrected chi connectivity index (χ4v) is 2.68. The first-order valence-electron chi connectivity index (χ1n) is 4.58. The zero-order valence-corrected chi connectivity index (χ0v) is 8.73. The van der Waals surface area contributed by atoms with Crippen molar-refractivity contribution >= 4 is 22.3 Å². The first-order chi connectivity index (χ1) is 7.16. The number of hydrogen-bond donors (Lipinski definition) is 1. The standard InChI is InChI=1S/C8H8N4O2S/c1-3-9-10-8-12(3)11-6(15-8)4-2-5(4)7(13)14/h4-5H,2H2,1H3,(H,13,14).